The molecular formula is C12H16N4. The van der Waals surface area contributed by atoms with Crippen LogP contribution in [0.15, 0.2) is 18.2 Å². The highest BCUT2D eigenvalue weighted by Crippen LogP contribution is 2.12. The molecule has 0 spiro atoms. The second kappa shape index (κ2) is 4.45. The zero-order valence-corrected chi connectivity index (χ0v) is 9.62. The normalized spacial score (nSPS) is 10.7. The van der Waals surface area contributed by atoms with Crippen molar-refractivity contribution in [3.05, 3.63) is 46.5 Å². The summed E-state index contributed by atoms with van der Waals surface area (Å²) >= 11 is 0. The Morgan fingerprint density at radius 3 is 2.69 bits per heavy atom. The smallest absolute Gasteiger partial charge is 0.164 e. The minimum atomic E-state index is 0.378. The SMILES string of the molecule is Cc1ccc(Cc2nc(CN)n[nH]2)cc1C. The second-order valence-corrected chi connectivity index (χ2v) is 4.00. The molecule has 0 aliphatic rings. The van der Waals surface area contributed by atoms with E-state index in [1.54, 1.807) is 0 Å². The first-order valence-corrected chi connectivity index (χ1v) is 5.35. The number of rotatable bonds is 3. The van der Waals surface area contributed by atoms with Crippen molar-refractivity contribution < 1.29 is 0 Å². The Hall–Kier alpha value is -1.68. The second-order valence-electron chi connectivity index (χ2n) is 4.00. The van der Waals surface area contributed by atoms with Crippen molar-refractivity contribution in [1.29, 1.82) is 0 Å². The van der Waals surface area contributed by atoms with E-state index < -0.39 is 0 Å². The Morgan fingerprint density at radius 2 is 2.06 bits per heavy atom. The molecule has 4 nitrogen and oxygen atoms in total. The maximum absolute atomic E-state index is 5.46. The molecule has 0 bridgehead atoms. The number of aryl methyl sites for hydroxylation is 2. The third-order valence-corrected chi connectivity index (χ3v) is 2.70. The van der Waals surface area contributed by atoms with E-state index in [0.717, 1.165) is 12.2 Å². The van der Waals surface area contributed by atoms with Crippen LogP contribution in [0.1, 0.15) is 28.3 Å². The van der Waals surface area contributed by atoms with E-state index in [2.05, 4.69) is 47.2 Å². The first kappa shape index (κ1) is 10.8. The minimum Gasteiger partial charge on any atom is -0.324 e. The largest absolute Gasteiger partial charge is 0.324 e. The van der Waals surface area contributed by atoms with Gasteiger partial charge in [0.25, 0.3) is 0 Å². The van der Waals surface area contributed by atoms with Crippen LogP contribution >= 0.6 is 0 Å². The number of H-pyrrole nitrogens is 1. The van der Waals surface area contributed by atoms with Gasteiger partial charge >= 0.3 is 0 Å². The fraction of sp³-hybridized carbons (Fsp3) is 0.333. The van der Waals surface area contributed by atoms with Gasteiger partial charge in [0, 0.05) is 6.42 Å². The lowest BCUT2D eigenvalue weighted by atomic mass is 10.0. The number of benzene rings is 1. The molecule has 0 atom stereocenters. The van der Waals surface area contributed by atoms with Crippen molar-refractivity contribution in [3.8, 4) is 0 Å². The maximum Gasteiger partial charge on any atom is 0.164 e. The van der Waals surface area contributed by atoms with Crippen LogP contribution in [-0.2, 0) is 13.0 Å². The average Bonchev–Trinajstić information content (AvgIpc) is 2.71. The quantitative estimate of drug-likeness (QED) is 0.816. The van der Waals surface area contributed by atoms with Crippen LogP contribution in [0.5, 0.6) is 0 Å². The van der Waals surface area contributed by atoms with Crippen molar-refractivity contribution >= 4 is 0 Å². The van der Waals surface area contributed by atoms with E-state index in [9.17, 15) is 0 Å². The Balaban J connectivity index is 2.17. The van der Waals surface area contributed by atoms with Gasteiger partial charge in [0.15, 0.2) is 5.82 Å². The van der Waals surface area contributed by atoms with E-state index in [-0.39, 0.29) is 0 Å². The molecule has 1 heterocycles. The van der Waals surface area contributed by atoms with Gasteiger partial charge in [-0.2, -0.15) is 5.10 Å². The molecule has 84 valence electrons. The first-order chi connectivity index (χ1) is 7.69. The molecule has 2 rings (SSSR count). The summed E-state index contributed by atoms with van der Waals surface area (Å²) in [7, 11) is 0. The zero-order valence-electron chi connectivity index (χ0n) is 9.62. The van der Waals surface area contributed by atoms with Gasteiger partial charge in [0.2, 0.25) is 0 Å². The summed E-state index contributed by atoms with van der Waals surface area (Å²) in [6.45, 7) is 4.61. The van der Waals surface area contributed by atoms with Crippen LogP contribution in [0.3, 0.4) is 0 Å². The van der Waals surface area contributed by atoms with Gasteiger partial charge in [-0.25, -0.2) is 4.98 Å². The van der Waals surface area contributed by atoms with Gasteiger partial charge in [-0.15, -0.1) is 0 Å². The fourth-order valence-corrected chi connectivity index (χ4v) is 1.61. The molecule has 2 aromatic rings. The Bertz CT molecular complexity index is 488. The number of nitrogens with two attached hydrogens (primary N) is 1. The Morgan fingerprint density at radius 1 is 1.25 bits per heavy atom. The molecule has 3 N–H and O–H groups in total. The van der Waals surface area contributed by atoms with Crippen molar-refractivity contribution in [3.63, 3.8) is 0 Å². The Kier molecular flexibility index (Phi) is 3.01. The highest BCUT2D eigenvalue weighted by atomic mass is 15.2. The first-order valence-electron chi connectivity index (χ1n) is 5.35. The van der Waals surface area contributed by atoms with Crippen molar-refractivity contribution in [2.24, 2.45) is 5.73 Å². The lowest BCUT2D eigenvalue weighted by molar-refractivity contribution is 0.916. The lowest BCUT2D eigenvalue weighted by Gasteiger charge is -2.03. The van der Waals surface area contributed by atoms with E-state index in [1.807, 2.05) is 0 Å². The van der Waals surface area contributed by atoms with Crippen molar-refractivity contribution in [2.45, 2.75) is 26.8 Å². The van der Waals surface area contributed by atoms with E-state index in [1.165, 1.54) is 16.7 Å². The molecule has 0 aliphatic carbocycles. The molecule has 16 heavy (non-hydrogen) atoms. The number of aromatic amines is 1. The van der Waals surface area contributed by atoms with E-state index in [0.29, 0.717) is 12.4 Å². The van der Waals surface area contributed by atoms with Gasteiger partial charge in [-0.3, -0.25) is 5.10 Å². The fourth-order valence-electron chi connectivity index (χ4n) is 1.61. The maximum atomic E-state index is 5.46. The van der Waals surface area contributed by atoms with Crippen LogP contribution in [-0.4, -0.2) is 15.2 Å². The molecule has 0 aliphatic heterocycles. The van der Waals surface area contributed by atoms with Crippen LogP contribution < -0.4 is 5.73 Å². The van der Waals surface area contributed by atoms with Crippen LogP contribution in [0.2, 0.25) is 0 Å². The van der Waals surface area contributed by atoms with E-state index in [4.69, 9.17) is 5.73 Å². The summed E-state index contributed by atoms with van der Waals surface area (Å²) in [4.78, 5) is 4.28. The van der Waals surface area contributed by atoms with Gasteiger partial charge in [-0.1, -0.05) is 18.2 Å². The zero-order chi connectivity index (χ0) is 11.5. The highest BCUT2D eigenvalue weighted by molar-refractivity contribution is 5.31. The van der Waals surface area contributed by atoms with Gasteiger partial charge in [0.1, 0.15) is 5.82 Å². The topological polar surface area (TPSA) is 67.6 Å². The summed E-state index contributed by atoms with van der Waals surface area (Å²) in [5.74, 6) is 1.53. The number of hydrogen-bond acceptors (Lipinski definition) is 3. The standard InChI is InChI=1S/C12H16N4/c1-8-3-4-10(5-9(8)2)6-11-14-12(7-13)16-15-11/h3-5H,6-7,13H2,1-2H3,(H,14,15,16). The number of nitrogens with one attached hydrogen (secondary N) is 1. The van der Waals surface area contributed by atoms with Gasteiger partial charge in [0.05, 0.1) is 6.54 Å². The molecular weight excluding hydrogens is 200 g/mol. The predicted molar refractivity (Wildman–Crippen MR) is 63.0 cm³/mol. The average molecular weight is 216 g/mol. The molecule has 0 fully saturated rings. The number of hydrogen-bond donors (Lipinski definition) is 2. The monoisotopic (exact) mass is 216 g/mol. The number of aromatic nitrogens is 3. The van der Waals surface area contributed by atoms with Gasteiger partial charge in [-0.05, 0) is 30.5 Å². The highest BCUT2D eigenvalue weighted by Gasteiger charge is 2.03. The van der Waals surface area contributed by atoms with Crippen LogP contribution in [0, 0.1) is 13.8 Å². The van der Waals surface area contributed by atoms with Crippen molar-refractivity contribution in [2.75, 3.05) is 0 Å². The molecule has 0 unspecified atom stereocenters. The van der Waals surface area contributed by atoms with Crippen molar-refractivity contribution in [1.82, 2.24) is 15.2 Å². The third-order valence-electron chi connectivity index (χ3n) is 2.70. The molecule has 0 saturated heterocycles. The summed E-state index contributed by atoms with van der Waals surface area (Å²) in [5, 5.41) is 6.91. The van der Waals surface area contributed by atoms with Crippen LogP contribution in [0.4, 0.5) is 0 Å². The summed E-state index contributed by atoms with van der Waals surface area (Å²) in [6, 6.07) is 6.43. The number of nitrogens with zero attached hydrogens (tertiary/aromatic N) is 2. The summed E-state index contributed by atoms with van der Waals surface area (Å²) in [5.41, 5.74) is 9.31. The lowest BCUT2D eigenvalue weighted by Crippen LogP contribution is -1.98. The molecule has 1 aromatic heterocycles. The molecule has 1 aromatic carbocycles. The van der Waals surface area contributed by atoms with E-state index >= 15 is 0 Å². The minimum absolute atomic E-state index is 0.378. The molecule has 4 heteroatoms. The predicted octanol–water partition coefficient (Wildman–Crippen LogP) is 1.47. The molecule has 0 radical (unpaired) electrons. The molecule has 0 saturated carbocycles. The Labute approximate surface area is 94.9 Å². The summed E-state index contributed by atoms with van der Waals surface area (Å²) < 4.78 is 0. The molecule has 0 amide bonds. The third kappa shape index (κ3) is 2.28. The summed E-state index contributed by atoms with van der Waals surface area (Å²) in [6.07, 6.45) is 0.772. The van der Waals surface area contributed by atoms with Crippen LogP contribution in [0.25, 0.3) is 0 Å². The van der Waals surface area contributed by atoms with Gasteiger partial charge < -0.3 is 5.73 Å².